The molecule has 1 aromatic heterocycles. The quantitative estimate of drug-likeness (QED) is 0.238. The highest BCUT2D eigenvalue weighted by Crippen LogP contribution is 2.39. The fourth-order valence-corrected chi connectivity index (χ4v) is 4.61. The number of halogens is 1. The Morgan fingerprint density at radius 2 is 1.85 bits per heavy atom. The third kappa shape index (κ3) is 8.09. The van der Waals surface area contributed by atoms with Crippen molar-refractivity contribution in [1.29, 1.82) is 0 Å². The molecule has 3 rings (SSSR count). The molecule has 0 spiro atoms. The Morgan fingerprint density at radius 1 is 1.12 bits per heavy atom. The second kappa shape index (κ2) is 14.2. The molecular formula is C28H37ClN8O3S. The molecule has 13 heteroatoms. The fourth-order valence-electron chi connectivity index (χ4n) is 3.98. The van der Waals surface area contributed by atoms with Crippen LogP contribution >= 0.6 is 11.6 Å². The Kier molecular flexibility index (Phi) is 10.9. The number of nitrogens with one attached hydrogen (secondary N) is 3. The molecule has 0 saturated carbocycles. The zero-order chi connectivity index (χ0) is 30.3. The monoisotopic (exact) mass is 600 g/mol. The minimum absolute atomic E-state index is 0.242. The van der Waals surface area contributed by atoms with Crippen molar-refractivity contribution < 1.29 is 13.7 Å². The van der Waals surface area contributed by atoms with Gasteiger partial charge < -0.3 is 30.5 Å². The van der Waals surface area contributed by atoms with Gasteiger partial charge >= 0.3 is 0 Å². The predicted molar refractivity (Wildman–Crippen MR) is 171 cm³/mol. The number of rotatable bonds is 13. The Morgan fingerprint density at radius 3 is 2.49 bits per heavy atom. The number of likely N-dealkylation sites (N-methyl/N-ethyl adjacent to an activating group) is 2. The van der Waals surface area contributed by atoms with Gasteiger partial charge in [0, 0.05) is 39.5 Å². The molecule has 220 valence electrons. The van der Waals surface area contributed by atoms with Crippen LogP contribution in [0.1, 0.15) is 5.56 Å². The average molecular weight is 601 g/mol. The molecule has 3 N–H and O–H groups in total. The van der Waals surface area contributed by atoms with Crippen molar-refractivity contribution in [3.05, 3.63) is 59.8 Å². The smallest absolute Gasteiger partial charge is 0.247 e. The summed E-state index contributed by atoms with van der Waals surface area (Å²) in [5, 5.41) is 9.62. The highest BCUT2D eigenvalue weighted by atomic mass is 35.5. The zero-order valence-corrected chi connectivity index (χ0v) is 26.0. The fraction of sp³-hybridized carbons (Fsp3) is 0.321. The summed E-state index contributed by atoms with van der Waals surface area (Å²) in [4.78, 5) is 25.3. The number of anilines is 7. The number of ether oxygens (including phenoxy) is 1. The number of hydrogen-bond donors (Lipinski definition) is 3. The molecule has 0 aliphatic heterocycles. The summed E-state index contributed by atoms with van der Waals surface area (Å²) in [5.74, 6) is 0.774. The van der Waals surface area contributed by atoms with E-state index in [0.29, 0.717) is 33.7 Å². The Hall–Kier alpha value is -3.87. The van der Waals surface area contributed by atoms with E-state index in [-0.39, 0.29) is 11.9 Å². The molecule has 41 heavy (non-hydrogen) atoms. The van der Waals surface area contributed by atoms with Crippen LogP contribution in [0.25, 0.3) is 0 Å². The minimum Gasteiger partial charge on any atom is -0.494 e. The number of hydrogen-bond acceptors (Lipinski definition) is 9. The van der Waals surface area contributed by atoms with Crippen LogP contribution in [0.3, 0.4) is 0 Å². The Bertz CT molecular complexity index is 1440. The summed E-state index contributed by atoms with van der Waals surface area (Å²) in [6.45, 7) is 7.04. The number of benzene rings is 2. The topological polar surface area (TPSA) is 115 Å². The molecular weight excluding hydrogens is 564 g/mol. The van der Waals surface area contributed by atoms with Crippen molar-refractivity contribution in [3.8, 4) is 5.75 Å². The van der Waals surface area contributed by atoms with Crippen molar-refractivity contribution in [3.63, 3.8) is 0 Å². The van der Waals surface area contributed by atoms with Crippen molar-refractivity contribution in [2.24, 2.45) is 0 Å². The van der Waals surface area contributed by atoms with Gasteiger partial charge in [-0.05, 0) is 44.8 Å². The van der Waals surface area contributed by atoms with Crippen molar-refractivity contribution >= 4 is 68.7 Å². The standard InChI is InChI=1S/C28H37ClN8O3S/c1-9-25(38)31-21-15-22(24(40-7)16-23(21)36(5)14-13-35(3)4)33-28-30-17-19(29)27(34-28)32-20-12-10-11-18(2)26(20)37(6)41(8)39/h9-12,15-17H,1,13-14H2,2-8H3,(H,31,38)(H2,30,32,33,34). The minimum atomic E-state index is -1.24. The molecule has 3 aromatic rings. The molecule has 0 fully saturated rings. The summed E-state index contributed by atoms with van der Waals surface area (Å²) in [6, 6.07) is 9.29. The van der Waals surface area contributed by atoms with Crippen molar-refractivity contribution in [2.75, 3.05) is 79.8 Å². The molecule has 1 amide bonds. The molecule has 0 radical (unpaired) electrons. The van der Waals surface area contributed by atoms with E-state index in [1.807, 2.05) is 57.2 Å². The Labute approximate surface area is 249 Å². The van der Waals surface area contributed by atoms with Gasteiger partial charge in [0.2, 0.25) is 11.9 Å². The number of aromatic nitrogens is 2. The lowest BCUT2D eigenvalue weighted by Crippen LogP contribution is -2.29. The third-order valence-corrected chi connectivity index (χ3v) is 7.47. The molecule has 0 aliphatic rings. The van der Waals surface area contributed by atoms with E-state index >= 15 is 0 Å². The number of aryl methyl sites for hydroxylation is 1. The molecule has 0 saturated heterocycles. The lowest BCUT2D eigenvalue weighted by atomic mass is 10.1. The number of para-hydroxylation sites is 1. The van der Waals surface area contributed by atoms with E-state index < -0.39 is 11.0 Å². The lowest BCUT2D eigenvalue weighted by Gasteiger charge is -2.26. The van der Waals surface area contributed by atoms with Crippen LogP contribution in [0, 0.1) is 6.92 Å². The summed E-state index contributed by atoms with van der Waals surface area (Å²) in [6.07, 6.45) is 4.30. The van der Waals surface area contributed by atoms with Crippen LogP contribution in [0.4, 0.5) is 40.2 Å². The number of methoxy groups -OCH3 is 1. The number of amides is 1. The molecule has 11 nitrogen and oxygen atoms in total. The predicted octanol–water partition coefficient (Wildman–Crippen LogP) is 4.79. The molecule has 0 bridgehead atoms. The van der Waals surface area contributed by atoms with E-state index in [2.05, 4.69) is 37.4 Å². The molecule has 1 heterocycles. The maximum atomic E-state index is 12.3. The summed E-state index contributed by atoms with van der Waals surface area (Å²) in [5.41, 5.74) is 4.25. The highest BCUT2D eigenvalue weighted by Gasteiger charge is 2.18. The maximum absolute atomic E-state index is 12.3. The van der Waals surface area contributed by atoms with E-state index in [9.17, 15) is 9.00 Å². The van der Waals surface area contributed by atoms with Crippen LogP contribution in [0.5, 0.6) is 5.75 Å². The van der Waals surface area contributed by atoms with E-state index in [1.54, 1.807) is 30.8 Å². The molecule has 0 aliphatic carbocycles. The van der Waals surface area contributed by atoms with E-state index in [1.165, 1.54) is 12.3 Å². The van der Waals surface area contributed by atoms with Crippen molar-refractivity contribution in [2.45, 2.75) is 6.92 Å². The summed E-state index contributed by atoms with van der Waals surface area (Å²) >= 11 is 6.47. The molecule has 2 aromatic carbocycles. The molecule has 1 unspecified atom stereocenters. The largest absolute Gasteiger partial charge is 0.494 e. The van der Waals surface area contributed by atoms with Crippen LogP contribution in [0.2, 0.25) is 5.02 Å². The normalized spacial score (nSPS) is 11.5. The van der Waals surface area contributed by atoms with Gasteiger partial charge in [0.15, 0.2) is 5.82 Å². The van der Waals surface area contributed by atoms with Gasteiger partial charge in [-0.25, -0.2) is 9.19 Å². The van der Waals surface area contributed by atoms with Crippen LogP contribution < -0.4 is 29.9 Å². The summed E-state index contributed by atoms with van der Waals surface area (Å²) in [7, 11) is 8.03. The SMILES string of the molecule is C=CC(=O)Nc1cc(Nc2ncc(Cl)c(Nc3cccc(C)c3N(C)S(C)=O)n2)c(OC)cc1N(C)CCN(C)C. The second-order valence-corrected chi connectivity index (χ2v) is 11.3. The van der Waals surface area contributed by atoms with Gasteiger partial charge in [0.1, 0.15) is 21.8 Å². The van der Waals surface area contributed by atoms with Crippen LogP contribution in [-0.4, -0.2) is 79.6 Å². The van der Waals surface area contributed by atoms with Crippen molar-refractivity contribution in [1.82, 2.24) is 14.9 Å². The zero-order valence-electron chi connectivity index (χ0n) is 24.4. The average Bonchev–Trinajstić information content (AvgIpc) is 2.93. The highest BCUT2D eigenvalue weighted by molar-refractivity contribution is 7.85. The van der Waals surface area contributed by atoms with E-state index in [4.69, 9.17) is 16.3 Å². The van der Waals surface area contributed by atoms with Gasteiger partial charge in [0.25, 0.3) is 0 Å². The van der Waals surface area contributed by atoms with Gasteiger partial charge in [-0.15, -0.1) is 0 Å². The Balaban J connectivity index is 2.00. The van der Waals surface area contributed by atoms with Gasteiger partial charge in [-0.2, -0.15) is 4.98 Å². The lowest BCUT2D eigenvalue weighted by molar-refractivity contribution is -0.111. The first-order chi connectivity index (χ1) is 19.4. The van der Waals surface area contributed by atoms with Gasteiger partial charge in [0.05, 0.1) is 41.7 Å². The number of carbonyl (C=O) groups excluding carboxylic acids is 1. The maximum Gasteiger partial charge on any atom is 0.247 e. The van der Waals surface area contributed by atoms with Crippen LogP contribution in [0.15, 0.2) is 49.2 Å². The summed E-state index contributed by atoms with van der Waals surface area (Å²) < 4.78 is 19.6. The number of carbonyl (C=O) groups is 1. The first kappa shape index (κ1) is 31.7. The van der Waals surface area contributed by atoms with Gasteiger partial charge in [-0.3, -0.25) is 9.10 Å². The first-order valence-corrected chi connectivity index (χ1v) is 14.6. The third-order valence-electron chi connectivity index (χ3n) is 6.24. The van der Waals surface area contributed by atoms with Gasteiger partial charge in [-0.1, -0.05) is 30.3 Å². The van der Waals surface area contributed by atoms with Crippen LogP contribution in [-0.2, 0) is 15.8 Å². The first-order valence-electron chi connectivity index (χ1n) is 12.7. The van der Waals surface area contributed by atoms with E-state index in [0.717, 1.165) is 30.0 Å². The molecule has 1 atom stereocenters. The number of nitrogens with zero attached hydrogens (tertiary/aromatic N) is 5. The second-order valence-electron chi connectivity index (χ2n) is 9.52.